The molecule has 2 rings (SSSR count). The molecule has 0 unspecified atom stereocenters. The quantitative estimate of drug-likeness (QED) is 0.679. The number of nitrogens with zero attached hydrogens (tertiary/aromatic N) is 1. The lowest BCUT2D eigenvalue weighted by Crippen LogP contribution is -2.23. The Labute approximate surface area is 127 Å². The maximum Gasteiger partial charge on any atom is 0.0358 e. The number of hydrogen-bond acceptors (Lipinski definition) is 1. The van der Waals surface area contributed by atoms with E-state index in [2.05, 4.69) is 74.9 Å². The Balaban J connectivity index is 2.30. The van der Waals surface area contributed by atoms with Crippen molar-refractivity contribution in [2.24, 2.45) is 0 Å². The standard InChI is InChI=1S/C18H25NS/c1-5-6-12-16-17(13-14-19(16)18(2,3)4)20-15-10-8-7-9-11-15/h7-11,13-14H,5-6,12H2,1-4H3. The lowest BCUT2D eigenvalue weighted by atomic mass is 10.1. The van der Waals surface area contributed by atoms with Crippen LogP contribution in [0.3, 0.4) is 0 Å². The van der Waals surface area contributed by atoms with E-state index >= 15 is 0 Å². The van der Waals surface area contributed by atoms with Crippen molar-refractivity contribution in [3.63, 3.8) is 0 Å². The third-order valence-corrected chi connectivity index (χ3v) is 4.51. The van der Waals surface area contributed by atoms with Crippen molar-refractivity contribution in [1.82, 2.24) is 4.57 Å². The van der Waals surface area contributed by atoms with Crippen molar-refractivity contribution >= 4 is 11.8 Å². The number of benzene rings is 1. The molecule has 1 heterocycles. The molecule has 0 spiro atoms. The molecule has 0 radical (unpaired) electrons. The summed E-state index contributed by atoms with van der Waals surface area (Å²) in [5, 5.41) is 0. The van der Waals surface area contributed by atoms with Crippen LogP contribution in [-0.2, 0) is 12.0 Å². The topological polar surface area (TPSA) is 4.93 Å². The lowest BCUT2D eigenvalue weighted by Gasteiger charge is -2.25. The molecule has 1 nitrogen and oxygen atoms in total. The van der Waals surface area contributed by atoms with Gasteiger partial charge in [-0.25, -0.2) is 0 Å². The second-order valence-electron chi connectivity index (χ2n) is 6.19. The maximum atomic E-state index is 2.44. The zero-order chi connectivity index (χ0) is 14.6. The van der Waals surface area contributed by atoms with E-state index in [-0.39, 0.29) is 5.54 Å². The van der Waals surface area contributed by atoms with E-state index in [1.54, 1.807) is 0 Å². The van der Waals surface area contributed by atoms with Gasteiger partial charge in [0.05, 0.1) is 0 Å². The second-order valence-corrected chi connectivity index (χ2v) is 7.30. The minimum Gasteiger partial charge on any atom is -0.345 e. The predicted octanol–water partition coefficient (Wildman–Crippen LogP) is 5.74. The highest BCUT2D eigenvalue weighted by Gasteiger charge is 2.19. The molecule has 0 aliphatic rings. The van der Waals surface area contributed by atoms with Crippen molar-refractivity contribution in [1.29, 1.82) is 0 Å². The fourth-order valence-corrected chi connectivity index (χ4v) is 3.37. The average Bonchev–Trinajstić information content (AvgIpc) is 2.80. The summed E-state index contributed by atoms with van der Waals surface area (Å²) >= 11 is 1.88. The smallest absolute Gasteiger partial charge is 0.0358 e. The Hall–Kier alpha value is -1.15. The highest BCUT2D eigenvalue weighted by molar-refractivity contribution is 7.99. The van der Waals surface area contributed by atoms with E-state index in [4.69, 9.17) is 0 Å². The van der Waals surface area contributed by atoms with Crippen LogP contribution in [0.4, 0.5) is 0 Å². The minimum absolute atomic E-state index is 0.151. The molecular formula is C18H25NS. The monoisotopic (exact) mass is 287 g/mol. The molecule has 1 aromatic heterocycles. The molecule has 0 atom stereocenters. The van der Waals surface area contributed by atoms with E-state index in [0.717, 1.165) is 6.42 Å². The molecule has 0 fully saturated rings. The second kappa shape index (κ2) is 6.53. The Morgan fingerprint density at radius 2 is 1.75 bits per heavy atom. The van der Waals surface area contributed by atoms with Crippen LogP contribution in [-0.4, -0.2) is 4.57 Å². The van der Waals surface area contributed by atoms with Gasteiger partial charge in [-0.15, -0.1) is 0 Å². The Morgan fingerprint density at radius 1 is 1.05 bits per heavy atom. The van der Waals surface area contributed by atoms with Crippen LogP contribution in [0.25, 0.3) is 0 Å². The molecule has 20 heavy (non-hydrogen) atoms. The zero-order valence-electron chi connectivity index (χ0n) is 13.0. The number of aromatic nitrogens is 1. The number of rotatable bonds is 5. The zero-order valence-corrected chi connectivity index (χ0v) is 13.8. The Kier molecular flexibility index (Phi) is 4.98. The summed E-state index contributed by atoms with van der Waals surface area (Å²) < 4.78 is 2.44. The van der Waals surface area contributed by atoms with Crippen molar-refractivity contribution in [2.45, 2.75) is 62.3 Å². The van der Waals surface area contributed by atoms with Gasteiger partial charge < -0.3 is 4.57 Å². The molecule has 0 aliphatic heterocycles. The van der Waals surface area contributed by atoms with Crippen LogP contribution in [0.5, 0.6) is 0 Å². The average molecular weight is 287 g/mol. The van der Waals surface area contributed by atoms with Gasteiger partial charge in [-0.05, 0) is 51.8 Å². The summed E-state index contributed by atoms with van der Waals surface area (Å²) in [6.45, 7) is 9.09. The van der Waals surface area contributed by atoms with Crippen molar-refractivity contribution < 1.29 is 0 Å². The first-order valence-corrected chi connectivity index (χ1v) is 8.27. The van der Waals surface area contributed by atoms with Crippen LogP contribution in [0.2, 0.25) is 0 Å². The number of unbranched alkanes of at least 4 members (excludes halogenated alkanes) is 1. The molecular weight excluding hydrogens is 262 g/mol. The molecule has 0 bridgehead atoms. The van der Waals surface area contributed by atoms with Gasteiger partial charge in [0.1, 0.15) is 0 Å². The lowest BCUT2D eigenvalue weighted by molar-refractivity contribution is 0.382. The molecule has 0 amide bonds. The van der Waals surface area contributed by atoms with E-state index in [1.165, 1.54) is 28.3 Å². The van der Waals surface area contributed by atoms with Gasteiger partial charge in [0.25, 0.3) is 0 Å². The van der Waals surface area contributed by atoms with Crippen LogP contribution < -0.4 is 0 Å². The molecule has 108 valence electrons. The van der Waals surface area contributed by atoms with Gasteiger partial charge in [0.2, 0.25) is 0 Å². The van der Waals surface area contributed by atoms with E-state index < -0.39 is 0 Å². The van der Waals surface area contributed by atoms with Gasteiger partial charge in [-0.3, -0.25) is 0 Å². The minimum atomic E-state index is 0.151. The third kappa shape index (κ3) is 3.69. The molecule has 2 heteroatoms. The third-order valence-electron chi connectivity index (χ3n) is 3.41. The molecule has 0 saturated carbocycles. The summed E-state index contributed by atoms with van der Waals surface area (Å²) in [6.07, 6.45) is 5.90. The largest absolute Gasteiger partial charge is 0.345 e. The SMILES string of the molecule is CCCCc1c(Sc2ccccc2)ccn1C(C)(C)C. The molecule has 1 aromatic carbocycles. The summed E-state index contributed by atoms with van der Waals surface area (Å²) in [6, 6.07) is 12.9. The molecule has 0 saturated heterocycles. The molecule has 0 aliphatic carbocycles. The van der Waals surface area contributed by atoms with Gasteiger partial charge in [0.15, 0.2) is 0 Å². The molecule has 2 aromatic rings. The fraction of sp³-hybridized carbons (Fsp3) is 0.444. The Bertz CT molecular complexity index is 534. The number of hydrogen-bond donors (Lipinski definition) is 0. The van der Waals surface area contributed by atoms with Crippen LogP contribution in [0.1, 0.15) is 46.2 Å². The van der Waals surface area contributed by atoms with E-state index in [1.807, 2.05) is 11.8 Å². The Morgan fingerprint density at radius 3 is 2.35 bits per heavy atom. The molecule has 0 N–H and O–H groups in total. The summed E-state index contributed by atoms with van der Waals surface area (Å²) in [5.74, 6) is 0. The maximum absolute atomic E-state index is 2.44. The summed E-state index contributed by atoms with van der Waals surface area (Å²) in [4.78, 5) is 2.72. The summed E-state index contributed by atoms with van der Waals surface area (Å²) in [7, 11) is 0. The van der Waals surface area contributed by atoms with Crippen molar-refractivity contribution in [2.75, 3.05) is 0 Å². The van der Waals surface area contributed by atoms with Gasteiger partial charge in [-0.2, -0.15) is 0 Å². The van der Waals surface area contributed by atoms with Crippen LogP contribution >= 0.6 is 11.8 Å². The van der Waals surface area contributed by atoms with Crippen molar-refractivity contribution in [3.05, 3.63) is 48.3 Å². The van der Waals surface area contributed by atoms with Crippen LogP contribution in [0, 0.1) is 0 Å². The van der Waals surface area contributed by atoms with Crippen molar-refractivity contribution in [3.8, 4) is 0 Å². The van der Waals surface area contributed by atoms with Gasteiger partial charge in [-0.1, -0.05) is 43.3 Å². The van der Waals surface area contributed by atoms with E-state index in [9.17, 15) is 0 Å². The first kappa shape index (κ1) is 15.2. The first-order valence-electron chi connectivity index (χ1n) is 7.46. The highest BCUT2D eigenvalue weighted by Crippen LogP contribution is 2.34. The van der Waals surface area contributed by atoms with Gasteiger partial charge >= 0.3 is 0 Å². The van der Waals surface area contributed by atoms with Gasteiger partial charge in [0, 0.05) is 27.2 Å². The fourth-order valence-electron chi connectivity index (χ4n) is 2.37. The van der Waals surface area contributed by atoms with Crippen LogP contribution in [0.15, 0.2) is 52.4 Å². The predicted molar refractivity (Wildman–Crippen MR) is 88.6 cm³/mol. The summed E-state index contributed by atoms with van der Waals surface area (Å²) in [5.41, 5.74) is 1.63. The van der Waals surface area contributed by atoms with E-state index in [0.29, 0.717) is 0 Å². The highest BCUT2D eigenvalue weighted by atomic mass is 32.2. The normalized spacial score (nSPS) is 11.8. The first-order chi connectivity index (χ1) is 9.52.